The van der Waals surface area contributed by atoms with Crippen molar-refractivity contribution >= 4 is 35.9 Å². The van der Waals surface area contributed by atoms with Gasteiger partial charge in [-0.25, -0.2) is 4.79 Å². The largest absolute Gasteiger partial charge is 0.492 e. The maximum Gasteiger partial charge on any atom is 0.319 e. The summed E-state index contributed by atoms with van der Waals surface area (Å²) in [5.74, 6) is 0.685. The molecule has 0 saturated heterocycles. The van der Waals surface area contributed by atoms with Gasteiger partial charge in [0.25, 0.3) is 0 Å². The number of carbonyl (C=O) groups is 1. The summed E-state index contributed by atoms with van der Waals surface area (Å²) in [4.78, 5) is 15.0. The zero-order valence-corrected chi connectivity index (χ0v) is 12.5. The SMILES string of the molecule is [B]c1cccc(OCCNC(=O)Nc2ccc3[nH]ccc3c2)c1. The van der Waals surface area contributed by atoms with Crippen LogP contribution in [0.25, 0.3) is 10.9 Å². The molecule has 0 aliphatic rings. The molecule has 3 rings (SSSR count). The average Bonchev–Trinajstić information content (AvgIpc) is 2.99. The van der Waals surface area contributed by atoms with E-state index in [1.54, 1.807) is 12.1 Å². The monoisotopic (exact) mass is 305 g/mol. The molecule has 3 N–H and O–H groups in total. The number of nitrogens with one attached hydrogen (secondary N) is 3. The second-order valence-electron chi connectivity index (χ2n) is 5.08. The number of ether oxygens (including phenoxy) is 1. The number of fused-ring (bicyclic) bond motifs is 1. The van der Waals surface area contributed by atoms with Crippen LogP contribution in [0.15, 0.2) is 54.7 Å². The van der Waals surface area contributed by atoms with E-state index < -0.39 is 0 Å². The molecular formula is C17H16BN3O2. The van der Waals surface area contributed by atoms with Gasteiger partial charge in [0.05, 0.1) is 6.54 Å². The van der Waals surface area contributed by atoms with Crippen molar-refractivity contribution in [1.29, 1.82) is 0 Å². The van der Waals surface area contributed by atoms with Crippen molar-refractivity contribution in [2.75, 3.05) is 18.5 Å². The number of aromatic amines is 1. The van der Waals surface area contributed by atoms with Crippen LogP contribution < -0.4 is 20.8 Å². The number of amides is 2. The molecule has 2 aromatic carbocycles. The summed E-state index contributed by atoms with van der Waals surface area (Å²) >= 11 is 0. The quantitative estimate of drug-likeness (QED) is 0.499. The predicted molar refractivity (Wildman–Crippen MR) is 92.6 cm³/mol. The van der Waals surface area contributed by atoms with Crippen LogP contribution in [0.2, 0.25) is 0 Å². The molecule has 114 valence electrons. The highest BCUT2D eigenvalue weighted by Gasteiger charge is 2.03. The Bertz CT molecular complexity index is 816. The van der Waals surface area contributed by atoms with Crippen LogP contribution in [0, 0.1) is 0 Å². The fourth-order valence-corrected chi connectivity index (χ4v) is 2.24. The van der Waals surface area contributed by atoms with Crippen molar-refractivity contribution in [2.24, 2.45) is 0 Å². The van der Waals surface area contributed by atoms with E-state index in [1.807, 2.05) is 42.6 Å². The summed E-state index contributed by atoms with van der Waals surface area (Å²) in [6.45, 7) is 0.765. The minimum atomic E-state index is -0.268. The minimum Gasteiger partial charge on any atom is -0.492 e. The average molecular weight is 305 g/mol. The topological polar surface area (TPSA) is 66.2 Å². The molecule has 2 radical (unpaired) electrons. The summed E-state index contributed by atoms with van der Waals surface area (Å²) < 4.78 is 5.51. The minimum absolute atomic E-state index is 0.268. The number of carbonyl (C=O) groups excluding carboxylic acids is 1. The van der Waals surface area contributed by atoms with Crippen molar-refractivity contribution in [2.45, 2.75) is 0 Å². The van der Waals surface area contributed by atoms with Crippen molar-refractivity contribution in [3.05, 3.63) is 54.7 Å². The second-order valence-corrected chi connectivity index (χ2v) is 5.08. The van der Waals surface area contributed by atoms with Gasteiger partial charge in [0.1, 0.15) is 20.2 Å². The Balaban J connectivity index is 1.44. The van der Waals surface area contributed by atoms with Crippen molar-refractivity contribution < 1.29 is 9.53 Å². The predicted octanol–water partition coefficient (Wildman–Crippen LogP) is 2.16. The number of benzene rings is 2. The zero-order valence-electron chi connectivity index (χ0n) is 12.5. The number of hydrogen-bond donors (Lipinski definition) is 3. The van der Waals surface area contributed by atoms with Crippen LogP contribution in [0.3, 0.4) is 0 Å². The molecule has 0 aliphatic heterocycles. The summed E-state index contributed by atoms with van der Waals surface area (Å²) in [6, 6.07) is 14.6. The molecule has 0 atom stereocenters. The third-order valence-electron chi connectivity index (χ3n) is 3.33. The van der Waals surface area contributed by atoms with Crippen LogP contribution in [-0.4, -0.2) is 32.0 Å². The van der Waals surface area contributed by atoms with Gasteiger partial charge in [-0.15, -0.1) is 0 Å². The van der Waals surface area contributed by atoms with Crippen molar-refractivity contribution in [1.82, 2.24) is 10.3 Å². The van der Waals surface area contributed by atoms with Gasteiger partial charge in [-0.3, -0.25) is 0 Å². The molecule has 1 heterocycles. The summed E-state index contributed by atoms with van der Waals surface area (Å²) in [5.41, 5.74) is 2.42. The molecule has 6 heteroatoms. The lowest BCUT2D eigenvalue weighted by atomic mass is 9.96. The summed E-state index contributed by atoms with van der Waals surface area (Å²) in [6.07, 6.45) is 1.86. The number of rotatable bonds is 5. The van der Waals surface area contributed by atoms with E-state index in [1.165, 1.54) is 0 Å². The normalized spacial score (nSPS) is 10.4. The maximum absolute atomic E-state index is 11.8. The molecule has 0 fully saturated rings. The third-order valence-corrected chi connectivity index (χ3v) is 3.33. The molecule has 0 spiro atoms. The van der Waals surface area contributed by atoms with E-state index in [9.17, 15) is 4.79 Å². The molecular weight excluding hydrogens is 289 g/mol. The number of urea groups is 1. The Kier molecular flexibility index (Phi) is 4.52. The van der Waals surface area contributed by atoms with Gasteiger partial charge in [-0.1, -0.05) is 17.6 Å². The van der Waals surface area contributed by atoms with Gasteiger partial charge in [0.2, 0.25) is 0 Å². The van der Waals surface area contributed by atoms with Crippen molar-refractivity contribution in [3.63, 3.8) is 0 Å². The molecule has 0 aliphatic carbocycles. The van der Waals surface area contributed by atoms with Gasteiger partial charge < -0.3 is 20.4 Å². The fourth-order valence-electron chi connectivity index (χ4n) is 2.24. The van der Waals surface area contributed by atoms with E-state index in [-0.39, 0.29) is 6.03 Å². The Labute approximate surface area is 135 Å². The van der Waals surface area contributed by atoms with Gasteiger partial charge in [-0.05, 0) is 36.4 Å². The fraction of sp³-hybridized carbons (Fsp3) is 0.118. The molecule has 5 nitrogen and oxygen atoms in total. The first kappa shape index (κ1) is 15.0. The first-order valence-corrected chi connectivity index (χ1v) is 7.31. The van der Waals surface area contributed by atoms with E-state index >= 15 is 0 Å². The second kappa shape index (κ2) is 6.92. The highest BCUT2D eigenvalue weighted by Crippen LogP contribution is 2.17. The maximum atomic E-state index is 11.8. The first-order chi connectivity index (χ1) is 11.2. The Morgan fingerprint density at radius 2 is 2.09 bits per heavy atom. The Morgan fingerprint density at radius 3 is 2.96 bits per heavy atom. The van der Waals surface area contributed by atoms with Crippen LogP contribution in [-0.2, 0) is 0 Å². The molecule has 1 aromatic heterocycles. The molecule has 23 heavy (non-hydrogen) atoms. The lowest BCUT2D eigenvalue weighted by Gasteiger charge is -2.09. The number of anilines is 1. The lowest BCUT2D eigenvalue weighted by molar-refractivity contribution is 0.247. The van der Waals surface area contributed by atoms with Crippen LogP contribution >= 0.6 is 0 Å². The smallest absolute Gasteiger partial charge is 0.319 e. The van der Waals surface area contributed by atoms with E-state index in [0.29, 0.717) is 24.4 Å². The number of H-pyrrole nitrogens is 1. The summed E-state index contributed by atoms with van der Waals surface area (Å²) in [7, 11) is 5.67. The van der Waals surface area contributed by atoms with Crippen molar-refractivity contribution in [3.8, 4) is 5.75 Å². The first-order valence-electron chi connectivity index (χ1n) is 7.31. The van der Waals surface area contributed by atoms with E-state index in [4.69, 9.17) is 12.6 Å². The molecule has 0 bridgehead atoms. The molecule has 0 saturated carbocycles. The lowest BCUT2D eigenvalue weighted by Crippen LogP contribution is -2.32. The van der Waals surface area contributed by atoms with E-state index in [2.05, 4.69) is 15.6 Å². The third kappa shape index (κ3) is 4.06. The number of aromatic nitrogens is 1. The Hall–Kier alpha value is -2.89. The van der Waals surface area contributed by atoms with Gasteiger partial charge >= 0.3 is 6.03 Å². The Morgan fingerprint density at radius 1 is 1.17 bits per heavy atom. The summed E-state index contributed by atoms with van der Waals surface area (Å²) in [5, 5.41) is 6.58. The van der Waals surface area contributed by atoms with Crippen LogP contribution in [0.5, 0.6) is 5.75 Å². The van der Waals surface area contributed by atoms with Crippen LogP contribution in [0.1, 0.15) is 0 Å². The van der Waals surface area contributed by atoms with Gasteiger partial charge in [0, 0.05) is 22.8 Å². The zero-order chi connectivity index (χ0) is 16.1. The number of hydrogen-bond acceptors (Lipinski definition) is 2. The molecule has 3 aromatic rings. The highest BCUT2D eigenvalue weighted by atomic mass is 16.5. The van der Waals surface area contributed by atoms with E-state index in [0.717, 1.165) is 16.6 Å². The standard InChI is InChI=1S/C17H16BN3O2/c18-13-2-1-3-15(11-13)23-9-8-20-17(22)21-14-4-5-16-12(10-14)6-7-19-16/h1-7,10-11,19H,8-9H2,(H2,20,21,22). The van der Waals surface area contributed by atoms with Gasteiger partial charge in [-0.2, -0.15) is 0 Å². The highest BCUT2D eigenvalue weighted by molar-refractivity contribution is 6.32. The van der Waals surface area contributed by atoms with Crippen LogP contribution in [0.4, 0.5) is 10.5 Å². The van der Waals surface area contributed by atoms with Gasteiger partial charge in [0.15, 0.2) is 0 Å². The molecule has 0 unspecified atom stereocenters. The molecule has 2 amide bonds.